The number of nitrogens with two attached hydrogens (primary N) is 1. The number of thiol groups is 1. The molecule has 1 heterocycles. The summed E-state index contributed by atoms with van der Waals surface area (Å²) in [6.07, 6.45) is 0.482. The molecule has 1 fully saturated rings. The van der Waals surface area contributed by atoms with Crippen molar-refractivity contribution in [3.05, 3.63) is 0 Å². The number of amides is 3. The maximum atomic E-state index is 13.2. The maximum Gasteiger partial charge on any atom is 0.327 e. The van der Waals surface area contributed by atoms with Gasteiger partial charge in [-0.25, -0.2) is 4.79 Å². The normalized spacial score (nSPS) is 21.6. The predicted octanol–water partition coefficient (Wildman–Crippen LogP) is -1.28. The average molecular weight is 433 g/mol. The number of nitrogens with one attached hydrogen (secondary N) is 2. The molecule has 1 saturated heterocycles. The van der Waals surface area contributed by atoms with E-state index in [1.165, 1.54) is 11.8 Å². The number of nitrogens with zero attached hydrogens (tertiary/aromatic N) is 1. The number of hydrogen-bond acceptors (Lipinski definition) is 7. The number of carboxylic acid groups (broad SMARTS) is 1. The van der Waals surface area contributed by atoms with Crippen LogP contribution < -0.4 is 16.4 Å². The Kier molecular flexibility index (Phi) is 9.87. The van der Waals surface area contributed by atoms with Gasteiger partial charge >= 0.3 is 5.97 Å². The molecule has 3 amide bonds. The summed E-state index contributed by atoms with van der Waals surface area (Å²) in [7, 11) is 0. The van der Waals surface area contributed by atoms with Crippen molar-refractivity contribution >= 4 is 36.3 Å². The molecular weight excluding hydrogens is 400 g/mol. The number of aliphatic hydroxyl groups excluding tert-OH is 1. The van der Waals surface area contributed by atoms with Crippen LogP contribution in [0, 0.1) is 5.92 Å². The molecule has 1 rings (SSSR count). The highest BCUT2D eigenvalue weighted by Crippen LogP contribution is 2.21. The number of carbonyl (C=O) groups is 4. The lowest BCUT2D eigenvalue weighted by molar-refractivity contribution is -0.145. The summed E-state index contributed by atoms with van der Waals surface area (Å²) < 4.78 is 0. The molecule has 6 unspecified atom stereocenters. The Hall–Kier alpha value is -1.85. The van der Waals surface area contributed by atoms with Gasteiger partial charge in [-0.05, 0) is 25.7 Å². The van der Waals surface area contributed by atoms with Crippen molar-refractivity contribution in [2.45, 2.75) is 70.3 Å². The molecule has 10 nitrogen and oxygen atoms in total. The van der Waals surface area contributed by atoms with Crippen LogP contribution in [0.25, 0.3) is 0 Å². The second-order valence-corrected chi connectivity index (χ2v) is 7.77. The third kappa shape index (κ3) is 6.58. The fourth-order valence-electron chi connectivity index (χ4n) is 3.09. The van der Waals surface area contributed by atoms with Crippen LogP contribution in [0.5, 0.6) is 0 Å². The van der Waals surface area contributed by atoms with Gasteiger partial charge < -0.3 is 31.5 Å². The summed E-state index contributed by atoms with van der Waals surface area (Å²) in [5.74, 6) is -3.17. The number of rotatable bonds is 10. The Balaban J connectivity index is 2.97. The van der Waals surface area contributed by atoms with Gasteiger partial charge in [-0.3, -0.25) is 14.4 Å². The zero-order chi connectivity index (χ0) is 22.3. The van der Waals surface area contributed by atoms with Crippen molar-refractivity contribution in [1.82, 2.24) is 15.5 Å². The molecule has 0 aromatic heterocycles. The van der Waals surface area contributed by atoms with E-state index in [2.05, 4.69) is 23.3 Å². The number of aliphatic hydroxyl groups is 1. The first kappa shape index (κ1) is 25.2. The highest BCUT2D eigenvalue weighted by molar-refractivity contribution is 7.80. The lowest BCUT2D eigenvalue weighted by Gasteiger charge is -2.32. The summed E-state index contributed by atoms with van der Waals surface area (Å²) in [4.78, 5) is 50.6. The van der Waals surface area contributed by atoms with Gasteiger partial charge in [0, 0.05) is 12.3 Å². The second kappa shape index (κ2) is 11.4. The van der Waals surface area contributed by atoms with Crippen LogP contribution >= 0.6 is 12.6 Å². The third-order valence-electron chi connectivity index (χ3n) is 5.23. The first-order valence-electron chi connectivity index (χ1n) is 9.73. The molecule has 11 heteroatoms. The molecule has 29 heavy (non-hydrogen) atoms. The molecule has 0 aliphatic carbocycles. The second-order valence-electron chi connectivity index (χ2n) is 7.41. The van der Waals surface area contributed by atoms with Gasteiger partial charge in [0.15, 0.2) is 0 Å². The first-order valence-corrected chi connectivity index (χ1v) is 10.4. The van der Waals surface area contributed by atoms with Crippen molar-refractivity contribution in [3.63, 3.8) is 0 Å². The highest BCUT2D eigenvalue weighted by atomic mass is 32.1. The van der Waals surface area contributed by atoms with E-state index < -0.39 is 54.0 Å². The largest absolute Gasteiger partial charge is 0.480 e. The lowest BCUT2D eigenvalue weighted by Crippen LogP contribution is -2.59. The molecule has 6 atom stereocenters. The molecule has 1 aliphatic rings. The van der Waals surface area contributed by atoms with Gasteiger partial charge in [0.05, 0.1) is 6.10 Å². The van der Waals surface area contributed by atoms with Crippen molar-refractivity contribution in [3.8, 4) is 0 Å². The topological polar surface area (TPSA) is 162 Å². The van der Waals surface area contributed by atoms with Crippen LogP contribution in [0.2, 0.25) is 0 Å². The van der Waals surface area contributed by atoms with Gasteiger partial charge in [-0.1, -0.05) is 20.3 Å². The Morgan fingerprint density at radius 2 is 1.86 bits per heavy atom. The number of aliphatic carboxylic acids is 1. The SMILES string of the molecule is CCC(C)C(NC(=O)C(N)C(C)O)C(=O)N1CCCC1C(=O)NC(CS)C(=O)O. The smallest absolute Gasteiger partial charge is 0.327 e. The predicted molar refractivity (Wildman–Crippen MR) is 109 cm³/mol. The average Bonchev–Trinajstić information content (AvgIpc) is 3.17. The van der Waals surface area contributed by atoms with Crippen molar-refractivity contribution in [1.29, 1.82) is 0 Å². The lowest BCUT2D eigenvalue weighted by atomic mass is 9.96. The fourth-order valence-corrected chi connectivity index (χ4v) is 3.33. The molecular formula is C18H32N4O6S. The summed E-state index contributed by atoms with van der Waals surface area (Å²) >= 11 is 3.92. The summed E-state index contributed by atoms with van der Waals surface area (Å²) in [6, 6.07) is -4.07. The monoisotopic (exact) mass is 432 g/mol. The zero-order valence-electron chi connectivity index (χ0n) is 17.0. The van der Waals surface area contributed by atoms with Gasteiger partial charge in [-0.15, -0.1) is 0 Å². The van der Waals surface area contributed by atoms with E-state index in [0.717, 1.165) is 0 Å². The van der Waals surface area contributed by atoms with E-state index in [4.69, 9.17) is 10.8 Å². The molecule has 6 N–H and O–H groups in total. The van der Waals surface area contributed by atoms with Crippen LogP contribution in [0.4, 0.5) is 0 Å². The molecule has 166 valence electrons. The molecule has 0 spiro atoms. The zero-order valence-corrected chi connectivity index (χ0v) is 17.9. The van der Waals surface area contributed by atoms with E-state index in [-0.39, 0.29) is 11.7 Å². The minimum Gasteiger partial charge on any atom is -0.480 e. The Morgan fingerprint density at radius 1 is 1.24 bits per heavy atom. The molecule has 1 aliphatic heterocycles. The first-order chi connectivity index (χ1) is 13.5. The summed E-state index contributed by atoms with van der Waals surface area (Å²) in [5, 5.41) is 23.6. The number of hydrogen-bond donors (Lipinski definition) is 6. The minimum atomic E-state index is -1.21. The van der Waals surface area contributed by atoms with Crippen LogP contribution in [-0.2, 0) is 19.2 Å². The fraction of sp³-hybridized carbons (Fsp3) is 0.778. The van der Waals surface area contributed by atoms with Gasteiger partial charge in [0.25, 0.3) is 0 Å². The van der Waals surface area contributed by atoms with Crippen molar-refractivity contribution in [2.75, 3.05) is 12.3 Å². The Morgan fingerprint density at radius 3 is 2.34 bits per heavy atom. The molecule has 0 bridgehead atoms. The Bertz CT molecular complexity index is 617. The van der Waals surface area contributed by atoms with E-state index in [1.54, 1.807) is 6.92 Å². The minimum absolute atomic E-state index is 0.0788. The van der Waals surface area contributed by atoms with E-state index in [0.29, 0.717) is 25.8 Å². The molecule has 0 aromatic rings. The van der Waals surface area contributed by atoms with E-state index in [9.17, 15) is 24.3 Å². The van der Waals surface area contributed by atoms with E-state index >= 15 is 0 Å². The summed E-state index contributed by atoms with van der Waals surface area (Å²) in [6.45, 7) is 5.36. The standard InChI is InChI=1S/C18H32N4O6S/c1-4-9(2)14(21-16(25)13(19)10(3)23)17(26)22-7-5-6-12(22)15(24)20-11(8-29)18(27)28/h9-14,23,29H,4-8,19H2,1-3H3,(H,20,24)(H,21,25)(H,27,28). The quantitative estimate of drug-likeness (QED) is 0.234. The molecule has 0 saturated carbocycles. The molecule has 0 aromatic carbocycles. The van der Waals surface area contributed by atoms with Crippen molar-refractivity contribution < 1.29 is 29.4 Å². The van der Waals surface area contributed by atoms with Gasteiger partial charge in [0.1, 0.15) is 24.2 Å². The van der Waals surface area contributed by atoms with Gasteiger partial charge in [-0.2, -0.15) is 12.6 Å². The van der Waals surface area contributed by atoms with Crippen molar-refractivity contribution in [2.24, 2.45) is 11.7 Å². The highest BCUT2D eigenvalue weighted by Gasteiger charge is 2.40. The summed E-state index contributed by atoms with van der Waals surface area (Å²) in [5.41, 5.74) is 5.66. The maximum absolute atomic E-state index is 13.2. The van der Waals surface area contributed by atoms with E-state index in [1.807, 2.05) is 6.92 Å². The number of carboxylic acids is 1. The molecule has 0 radical (unpaired) electrons. The van der Waals surface area contributed by atoms with Crippen LogP contribution in [0.1, 0.15) is 40.0 Å². The Labute approximate surface area is 176 Å². The van der Waals surface area contributed by atoms with Gasteiger partial charge in [0.2, 0.25) is 17.7 Å². The van der Waals surface area contributed by atoms with Crippen LogP contribution in [-0.4, -0.2) is 81.4 Å². The third-order valence-corrected chi connectivity index (χ3v) is 5.60. The number of carbonyl (C=O) groups excluding carboxylic acids is 3. The van der Waals surface area contributed by atoms with Crippen LogP contribution in [0.3, 0.4) is 0 Å². The number of likely N-dealkylation sites (tertiary alicyclic amines) is 1. The van der Waals surface area contributed by atoms with Crippen LogP contribution in [0.15, 0.2) is 0 Å².